The smallest absolute Gasteiger partial charge is 0.229 e. The molecule has 1 aliphatic heterocycles. The lowest BCUT2D eigenvalue weighted by Gasteiger charge is -2.36. The predicted octanol–water partition coefficient (Wildman–Crippen LogP) is 3.07. The van der Waals surface area contributed by atoms with Crippen LogP contribution in [0.5, 0.6) is 17.2 Å². The molecule has 2 aromatic carbocycles. The monoisotopic (exact) mass is 374 g/mol. The van der Waals surface area contributed by atoms with Crippen molar-refractivity contribution in [2.24, 2.45) is 0 Å². The van der Waals surface area contributed by atoms with Crippen molar-refractivity contribution < 1.29 is 29.2 Å². The van der Waals surface area contributed by atoms with Gasteiger partial charge in [0, 0.05) is 7.11 Å². The Morgan fingerprint density at radius 1 is 0.926 bits per heavy atom. The van der Waals surface area contributed by atoms with Gasteiger partial charge in [0.1, 0.15) is 35.6 Å². The fourth-order valence-corrected chi connectivity index (χ4v) is 2.90. The van der Waals surface area contributed by atoms with Crippen molar-refractivity contribution in [3.8, 4) is 17.2 Å². The van der Waals surface area contributed by atoms with Gasteiger partial charge in [0.15, 0.2) is 0 Å². The lowest BCUT2D eigenvalue weighted by atomic mass is 10.0. The van der Waals surface area contributed by atoms with E-state index >= 15 is 0 Å². The zero-order valence-electron chi connectivity index (χ0n) is 15.7. The molecule has 27 heavy (non-hydrogen) atoms. The first kappa shape index (κ1) is 19.6. The average Bonchev–Trinajstić information content (AvgIpc) is 2.67. The molecule has 0 radical (unpaired) electrons. The van der Waals surface area contributed by atoms with Crippen molar-refractivity contribution in [3.05, 3.63) is 54.1 Å². The topological polar surface area (TPSA) is 77.4 Å². The van der Waals surface area contributed by atoms with E-state index in [9.17, 15) is 10.2 Å². The van der Waals surface area contributed by atoms with E-state index in [1.807, 2.05) is 12.1 Å². The van der Waals surface area contributed by atoms with Crippen molar-refractivity contribution in [2.75, 3.05) is 13.7 Å². The third-order valence-corrected chi connectivity index (χ3v) is 4.56. The van der Waals surface area contributed by atoms with E-state index in [1.165, 1.54) is 12.7 Å². The summed E-state index contributed by atoms with van der Waals surface area (Å²) in [4.78, 5) is 0. The van der Waals surface area contributed by atoms with Crippen LogP contribution < -0.4 is 9.47 Å². The second-order valence-corrected chi connectivity index (χ2v) is 6.88. The van der Waals surface area contributed by atoms with Crippen LogP contribution in [-0.2, 0) is 9.47 Å². The summed E-state index contributed by atoms with van der Waals surface area (Å²) in [5, 5.41) is 19.7. The largest absolute Gasteiger partial charge is 0.462 e. The maximum Gasteiger partial charge on any atom is 0.229 e. The van der Waals surface area contributed by atoms with Gasteiger partial charge in [-0.05, 0) is 47.9 Å². The summed E-state index contributed by atoms with van der Waals surface area (Å²) < 4.78 is 22.2. The van der Waals surface area contributed by atoms with Gasteiger partial charge >= 0.3 is 0 Å². The normalized spacial score (nSPS) is 25.4. The van der Waals surface area contributed by atoms with Gasteiger partial charge in [-0.25, -0.2) is 0 Å². The van der Waals surface area contributed by atoms with Crippen LogP contribution in [0.4, 0.5) is 0 Å². The molecule has 0 aliphatic carbocycles. The maximum atomic E-state index is 9.99. The van der Waals surface area contributed by atoms with Gasteiger partial charge in [0.05, 0.1) is 6.61 Å². The molecule has 146 valence electrons. The van der Waals surface area contributed by atoms with Gasteiger partial charge in [-0.1, -0.05) is 26.0 Å². The lowest BCUT2D eigenvalue weighted by Crippen LogP contribution is -2.55. The zero-order valence-corrected chi connectivity index (χ0v) is 15.7. The number of methoxy groups -OCH3 is 1. The Hall–Kier alpha value is -2.12. The van der Waals surface area contributed by atoms with E-state index in [4.69, 9.17) is 18.9 Å². The van der Waals surface area contributed by atoms with Gasteiger partial charge in [0.2, 0.25) is 6.29 Å². The number of aliphatic hydroxyl groups excluding tert-OH is 2. The SMILES string of the molecule is CO[C@H]1[C@@H](Oc2ccc(Oc3ccc(C(C)C)cc3)cc2)OC[C@H](O)[C@@H]1O. The Bertz CT molecular complexity index is 712. The maximum absolute atomic E-state index is 9.99. The van der Waals surface area contributed by atoms with Gasteiger partial charge in [-0.3, -0.25) is 0 Å². The molecule has 2 aromatic rings. The molecular weight excluding hydrogens is 348 g/mol. The van der Waals surface area contributed by atoms with E-state index in [2.05, 4.69) is 26.0 Å². The fourth-order valence-electron chi connectivity index (χ4n) is 2.90. The molecule has 6 heteroatoms. The quantitative estimate of drug-likeness (QED) is 0.809. The third-order valence-electron chi connectivity index (χ3n) is 4.56. The first-order chi connectivity index (χ1) is 13.0. The van der Waals surface area contributed by atoms with Crippen molar-refractivity contribution in [2.45, 2.75) is 44.4 Å². The van der Waals surface area contributed by atoms with Crippen LogP contribution in [0.3, 0.4) is 0 Å². The van der Waals surface area contributed by atoms with E-state index in [0.29, 0.717) is 17.4 Å². The minimum atomic E-state index is -1.06. The second kappa shape index (κ2) is 8.71. The number of benzene rings is 2. The van der Waals surface area contributed by atoms with Crippen LogP contribution in [-0.4, -0.2) is 48.5 Å². The highest BCUT2D eigenvalue weighted by molar-refractivity contribution is 5.36. The molecule has 0 unspecified atom stereocenters. The summed E-state index contributed by atoms with van der Waals surface area (Å²) in [5.41, 5.74) is 1.26. The number of hydrogen-bond acceptors (Lipinski definition) is 6. The van der Waals surface area contributed by atoms with Crippen molar-refractivity contribution in [1.29, 1.82) is 0 Å². The molecule has 0 amide bonds. The lowest BCUT2D eigenvalue weighted by molar-refractivity contribution is -0.249. The minimum Gasteiger partial charge on any atom is -0.462 e. The van der Waals surface area contributed by atoms with Gasteiger partial charge in [-0.15, -0.1) is 0 Å². The Labute approximate surface area is 159 Å². The Morgan fingerprint density at radius 2 is 1.48 bits per heavy atom. The average molecular weight is 374 g/mol. The highest BCUT2D eigenvalue weighted by atomic mass is 16.7. The zero-order chi connectivity index (χ0) is 19.4. The van der Waals surface area contributed by atoms with E-state index in [-0.39, 0.29) is 6.61 Å². The molecular formula is C21H26O6. The van der Waals surface area contributed by atoms with E-state index < -0.39 is 24.6 Å². The first-order valence-corrected chi connectivity index (χ1v) is 9.03. The molecule has 0 spiro atoms. The predicted molar refractivity (Wildman–Crippen MR) is 100 cm³/mol. The van der Waals surface area contributed by atoms with Gasteiger partial charge in [0.25, 0.3) is 0 Å². The van der Waals surface area contributed by atoms with Gasteiger partial charge < -0.3 is 29.2 Å². The van der Waals surface area contributed by atoms with Crippen LogP contribution in [0.15, 0.2) is 48.5 Å². The highest BCUT2D eigenvalue weighted by Gasteiger charge is 2.40. The Balaban J connectivity index is 1.61. The second-order valence-electron chi connectivity index (χ2n) is 6.88. The van der Waals surface area contributed by atoms with Gasteiger partial charge in [-0.2, -0.15) is 0 Å². The van der Waals surface area contributed by atoms with E-state index in [0.717, 1.165) is 5.75 Å². The standard InChI is InChI=1S/C21H26O6/c1-13(2)14-4-6-15(7-5-14)26-16-8-10-17(11-9-16)27-21-20(24-3)19(23)18(22)12-25-21/h4-11,13,18-23H,12H2,1-3H3/t18-,19-,20+,21+/m0/s1. The molecule has 1 heterocycles. The molecule has 1 saturated heterocycles. The van der Waals surface area contributed by atoms with Crippen LogP contribution >= 0.6 is 0 Å². The molecule has 1 aliphatic rings. The number of aliphatic hydroxyl groups is 2. The summed E-state index contributed by atoms with van der Waals surface area (Å²) in [5.74, 6) is 2.48. The summed E-state index contributed by atoms with van der Waals surface area (Å²) in [6.07, 6.45) is -3.63. The Kier molecular flexibility index (Phi) is 6.34. The third kappa shape index (κ3) is 4.78. The number of hydrogen-bond donors (Lipinski definition) is 2. The molecule has 6 nitrogen and oxygen atoms in total. The van der Waals surface area contributed by atoms with Crippen LogP contribution in [0.1, 0.15) is 25.3 Å². The minimum absolute atomic E-state index is 0.0146. The Morgan fingerprint density at radius 3 is 2.04 bits per heavy atom. The summed E-state index contributed by atoms with van der Waals surface area (Å²) in [7, 11) is 1.44. The van der Waals surface area contributed by atoms with Crippen LogP contribution in [0.25, 0.3) is 0 Å². The summed E-state index contributed by atoms with van der Waals surface area (Å²) in [6, 6.07) is 15.1. The van der Waals surface area contributed by atoms with Crippen LogP contribution in [0.2, 0.25) is 0 Å². The highest BCUT2D eigenvalue weighted by Crippen LogP contribution is 2.27. The molecule has 2 N–H and O–H groups in total. The van der Waals surface area contributed by atoms with Crippen molar-refractivity contribution in [1.82, 2.24) is 0 Å². The number of rotatable bonds is 6. The van der Waals surface area contributed by atoms with Crippen molar-refractivity contribution in [3.63, 3.8) is 0 Å². The van der Waals surface area contributed by atoms with Crippen molar-refractivity contribution >= 4 is 0 Å². The van der Waals surface area contributed by atoms with Crippen LogP contribution in [0, 0.1) is 0 Å². The summed E-state index contributed by atoms with van der Waals surface area (Å²) >= 11 is 0. The number of ether oxygens (including phenoxy) is 4. The molecule has 4 atom stereocenters. The molecule has 0 aromatic heterocycles. The molecule has 3 rings (SSSR count). The molecule has 0 saturated carbocycles. The summed E-state index contributed by atoms with van der Waals surface area (Å²) in [6.45, 7) is 4.29. The van der Waals surface area contributed by atoms with E-state index in [1.54, 1.807) is 24.3 Å². The fraction of sp³-hybridized carbons (Fsp3) is 0.429. The first-order valence-electron chi connectivity index (χ1n) is 9.03. The molecule has 0 bridgehead atoms. The molecule has 1 fully saturated rings.